The van der Waals surface area contributed by atoms with Crippen LogP contribution >= 0.6 is 0 Å². The molecule has 1 amide bonds. The van der Waals surface area contributed by atoms with Crippen LogP contribution in [0.2, 0.25) is 0 Å². The summed E-state index contributed by atoms with van der Waals surface area (Å²) in [6.07, 6.45) is 0.857. The van der Waals surface area contributed by atoms with E-state index in [2.05, 4.69) is 10.0 Å². The summed E-state index contributed by atoms with van der Waals surface area (Å²) in [5.41, 5.74) is 4.44. The minimum atomic E-state index is -3.73. The van der Waals surface area contributed by atoms with Gasteiger partial charge in [0, 0.05) is 19.0 Å². The number of nitrogens with one attached hydrogen (secondary N) is 2. The maximum Gasteiger partial charge on any atom is 0.306 e. The predicted molar refractivity (Wildman–Crippen MR) is 102 cm³/mol. The monoisotopic (exact) mass is 396 g/mol. The van der Waals surface area contributed by atoms with E-state index in [-0.39, 0.29) is 29.8 Å². The first-order chi connectivity index (χ1) is 12.5. The molecule has 8 heteroatoms. The van der Waals surface area contributed by atoms with Crippen molar-refractivity contribution in [3.63, 3.8) is 0 Å². The molecule has 0 spiro atoms. The molecule has 0 atom stereocenters. The lowest BCUT2D eigenvalue weighted by molar-refractivity contribution is -0.146. The van der Waals surface area contributed by atoms with Crippen LogP contribution in [-0.4, -0.2) is 38.0 Å². The molecule has 150 valence electrons. The molecule has 1 aromatic rings. The van der Waals surface area contributed by atoms with Crippen molar-refractivity contribution < 1.29 is 23.1 Å². The van der Waals surface area contributed by atoms with Crippen LogP contribution in [0.3, 0.4) is 0 Å². The first-order valence-electron chi connectivity index (χ1n) is 9.04. The molecule has 1 fully saturated rings. The molecule has 0 heterocycles. The van der Waals surface area contributed by atoms with E-state index in [1.54, 1.807) is 13.8 Å². The zero-order valence-electron chi connectivity index (χ0n) is 16.5. The lowest BCUT2D eigenvalue weighted by atomic mass is 9.80. The summed E-state index contributed by atoms with van der Waals surface area (Å²) in [6.45, 7) is 9.39. The van der Waals surface area contributed by atoms with Gasteiger partial charge in [0.2, 0.25) is 15.9 Å². The molecule has 0 radical (unpaired) electrons. The van der Waals surface area contributed by atoms with E-state index in [1.807, 2.05) is 20.8 Å². The fourth-order valence-electron chi connectivity index (χ4n) is 3.48. The third kappa shape index (κ3) is 4.50. The Morgan fingerprint density at radius 2 is 1.44 bits per heavy atom. The van der Waals surface area contributed by atoms with E-state index >= 15 is 0 Å². The van der Waals surface area contributed by atoms with Crippen molar-refractivity contribution in [1.82, 2.24) is 10.0 Å². The van der Waals surface area contributed by atoms with Crippen molar-refractivity contribution >= 4 is 21.9 Å². The van der Waals surface area contributed by atoms with Gasteiger partial charge in [-0.2, -0.15) is 0 Å². The maximum absolute atomic E-state index is 12.8. The molecule has 1 aliphatic carbocycles. The number of hydrogen-bond donors (Lipinski definition) is 3. The Hall–Kier alpha value is -1.93. The molecule has 2 rings (SSSR count). The molecular formula is C19H28N2O5S. The van der Waals surface area contributed by atoms with E-state index in [1.165, 1.54) is 0 Å². The van der Waals surface area contributed by atoms with E-state index < -0.39 is 21.9 Å². The molecular weight excluding hydrogens is 368 g/mol. The molecule has 0 aromatic heterocycles. The second-order valence-electron chi connectivity index (χ2n) is 7.37. The summed E-state index contributed by atoms with van der Waals surface area (Å²) in [5, 5.41) is 11.6. The van der Waals surface area contributed by atoms with Crippen LogP contribution in [0.15, 0.2) is 4.90 Å². The zero-order chi connectivity index (χ0) is 20.5. The van der Waals surface area contributed by atoms with Crippen LogP contribution in [0.25, 0.3) is 0 Å². The Balaban J connectivity index is 1.96. The SMILES string of the molecule is Cc1c(C)c(C)c(S(=O)(=O)NCCC(=O)NC2CC(C(=O)O)C2)c(C)c1C. The Morgan fingerprint density at radius 3 is 1.93 bits per heavy atom. The highest BCUT2D eigenvalue weighted by molar-refractivity contribution is 7.89. The van der Waals surface area contributed by atoms with Crippen LogP contribution in [0.5, 0.6) is 0 Å². The number of rotatable bonds is 7. The van der Waals surface area contributed by atoms with Gasteiger partial charge in [0.1, 0.15) is 0 Å². The normalized spacial score (nSPS) is 19.4. The quantitative estimate of drug-likeness (QED) is 0.651. The number of hydrogen-bond acceptors (Lipinski definition) is 4. The Kier molecular flexibility index (Phi) is 6.32. The second kappa shape index (κ2) is 7.98. The van der Waals surface area contributed by atoms with Gasteiger partial charge in [-0.1, -0.05) is 0 Å². The van der Waals surface area contributed by atoms with Gasteiger partial charge in [-0.3, -0.25) is 9.59 Å². The zero-order valence-corrected chi connectivity index (χ0v) is 17.3. The lowest BCUT2D eigenvalue weighted by Gasteiger charge is -2.32. The third-order valence-electron chi connectivity index (χ3n) is 5.70. The van der Waals surface area contributed by atoms with Gasteiger partial charge in [-0.15, -0.1) is 0 Å². The van der Waals surface area contributed by atoms with E-state index in [0.717, 1.165) is 27.8 Å². The summed E-state index contributed by atoms with van der Waals surface area (Å²) in [5.74, 6) is -1.52. The van der Waals surface area contributed by atoms with Gasteiger partial charge in [0.25, 0.3) is 0 Å². The van der Waals surface area contributed by atoms with E-state index in [4.69, 9.17) is 5.11 Å². The first kappa shape index (κ1) is 21.4. The van der Waals surface area contributed by atoms with Gasteiger partial charge in [-0.05, 0) is 75.3 Å². The standard InChI is InChI=1S/C19H28N2O5S/c1-10-11(2)13(4)18(14(5)12(10)3)27(25,26)20-7-6-17(22)21-16-8-15(9-16)19(23)24/h15-16,20H,6-9H2,1-5H3,(H,21,22)(H,23,24). The van der Waals surface area contributed by atoms with Crippen molar-refractivity contribution in [3.8, 4) is 0 Å². The molecule has 0 aliphatic heterocycles. The van der Waals surface area contributed by atoms with Gasteiger partial charge in [0.15, 0.2) is 0 Å². The van der Waals surface area contributed by atoms with Crippen LogP contribution in [0.1, 0.15) is 47.1 Å². The topological polar surface area (TPSA) is 113 Å². The molecule has 0 unspecified atom stereocenters. The second-order valence-corrected chi connectivity index (χ2v) is 9.08. The van der Waals surface area contributed by atoms with Crippen LogP contribution in [-0.2, 0) is 19.6 Å². The van der Waals surface area contributed by atoms with Crippen molar-refractivity contribution in [2.45, 2.75) is 64.8 Å². The van der Waals surface area contributed by atoms with Gasteiger partial charge in [-0.25, -0.2) is 13.1 Å². The number of aliphatic carboxylic acids is 1. The molecule has 1 aromatic carbocycles. The van der Waals surface area contributed by atoms with Crippen LogP contribution in [0.4, 0.5) is 0 Å². The number of carboxylic acid groups (broad SMARTS) is 1. The number of carboxylic acids is 1. The Labute approximate surface area is 160 Å². The minimum Gasteiger partial charge on any atom is -0.481 e. The molecule has 3 N–H and O–H groups in total. The first-order valence-corrected chi connectivity index (χ1v) is 10.5. The molecule has 0 bridgehead atoms. The minimum absolute atomic E-state index is 0.00586. The summed E-state index contributed by atoms with van der Waals surface area (Å²) in [7, 11) is -3.73. The number of amides is 1. The average Bonchev–Trinajstić information content (AvgIpc) is 2.53. The number of benzene rings is 1. The molecule has 1 saturated carbocycles. The fourth-order valence-corrected chi connectivity index (χ4v) is 5.10. The van der Waals surface area contributed by atoms with Crippen molar-refractivity contribution in [3.05, 3.63) is 27.8 Å². The fraction of sp³-hybridized carbons (Fsp3) is 0.579. The highest BCUT2D eigenvalue weighted by Gasteiger charge is 2.35. The number of carbonyl (C=O) groups excluding carboxylic acids is 1. The molecule has 27 heavy (non-hydrogen) atoms. The number of carbonyl (C=O) groups is 2. The summed E-state index contributed by atoms with van der Waals surface area (Å²) < 4.78 is 28.1. The van der Waals surface area contributed by atoms with E-state index in [0.29, 0.717) is 12.8 Å². The largest absolute Gasteiger partial charge is 0.481 e. The van der Waals surface area contributed by atoms with Gasteiger partial charge < -0.3 is 10.4 Å². The van der Waals surface area contributed by atoms with Crippen molar-refractivity contribution in [2.75, 3.05) is 6.54 Å². The highest BCUT2D eigenvalue weighted by Crippen LogP contribution is 2.29. The third-order valence-corrected chi connectivity index (χ3v) is 7.43. The molecule has 7 nitrogen and oxygen atoms in total. The van der Waals surface area contributed by atoms with E-state index in [9.17, 15) is 18.0 Å². The maximum atomic E-state index is 12.8. The highest BCUT2D eigenvalue weighted by atomic mass is 32.2. The lowest BCUT2D eigenvalue weighted by Crippen LogP contribution is -2.47. The molecule has 1 aliphatic rings. The summed E-state index contributed by atoms with van der Waals surface area (Å²) in [4.78, 5) is 23.0. The van der Waals surface area contributed by atoms with Gasteiger partial charge in [0.05, 0.1) is 10.8 Å². The molecule has 0 saturated heterocycles. The smallest absolute Gasteiger partial charge is 0.306 e. The van der Waals surface area contributed by atoms with Gasteiger partial charge >= 0.3 is 5.97 Å². The van der Waals surface area contributed by atoms with Crippen LogP contribution < -0.4 is 10.0 Å². The average molecular weight is 397 g/mol. The Bertz CT molecular complexity index is 842. The summed E-state index contributed by atoms with van der Waals surface area (Å²) in [6, 6.07) is -0.137. The number of sulfonamides is 1. The van der Waals surface area contributed by atoms with Crippen molar-refractivity contribution in [2.24, 2.45) is 5.92 Å². The van der Waals surface area contributed by atoms with Crippen molar-refractivity contribution in [1.29, 1.82) is 0 Å². The van der Waals surface area contributed by atoms with Crippen LogP contribution in [0, 0.1) is 40.5 Å². The predicted octanol–water partition coefficient (Wildman–Crippen LogP) is 1.88. The Morgan fingerprint density at radius 1 is 0.963 bits per heavy atom. The summed E-state index contributed by atoms with van der Waals surface area (Å²) >= 11 is 0.